The lowest BCUT2D eigenvalue weighted by Crippen LogP contribution is -2.43. The quantitative estimate of drug-likeness (QED) is 0.649. The molecule has 1 aromatic heterocycles. The molecule has 112 valence electrons. The Hall–Kier alpha value is -2.21. The fourth-order valence-electron chi connectivity index (χ4n) is 2.14. The number of allylic oxidation sites excluding steroid dienone is 2. The first-order valence-corrected chi connectivity index (χ1v) is 6.75. The number of H-pyrrole nitrogens is 1. The van der Waals surface area contributed by atoms with E-state index < -0.39 is 11.6 Å². The van der Waals surface area contributed by atoms with Crippen LogP contribution in [0.3, 0.4) is 0 Å². The van der Waals surface area contributed by atoms with E-state index in [-0.39, 0.29) is 24.2 Å². The number of nitrogens with one attached hydrogen (secondary N) is 1. The molecule has 1 aromatic rings. The van der Waals surface area contributed by atoms with Gasteiger partial charge in [-0.15, -0.1) is 0 Å². The number of cyclic esters (lactones) is 1. The molecular formula is C15H18N2O4. The average molecular weight is 290 g/mol. The van der Waals surface area contributed by atoms with Crippen molar-refractivity contribution in [1.29, 1.82) is 0 Å². The number of hydrogen-bond donors (Lipinski definition) is 2. The first-order chi connectivity index (χ1) is 9.92. The maximum Gasteiger partial charge on any atom is 0.343 e. The van der Waals surface area contributed by atoms with Gasteiger partial charge in [-0.1, -0.05) is 13.0 Å². The minimum absolute atomic E-state index is 0.128. The van der Waals surface area contributed by atoms with E-state index in [9.17, 15) is 14.7 Å². The lowest BCUT2D eigenvalue weighted by molar-refractivity contribution is -0.172. The Morgan fingerprint density at radius 1 is 1.57 bits per heavy atom. The van der Waals surface area contributed by atoms with Gasteiger partial charge >= 0.3 is 5.97 Å². The zero-order valence-electron chi connectivity index (χ0n) is 12.3. The smallest absolute Gasteiger partial charge is 0.343 e. The lowest BCUT2D eigenvalue weighted by Gasteiger charge is -2.31. The van der Waals surface area contributed by atoms with Crippen LogP contribution in [-0.4, -0.2) is 22.3 Å². The first kappa shape index (κ1) is 15.2. The second kappa shape index (κ2) is 5.65. The molecule has 0 aromatic carbocycles. The van der Waals surface area contributed by atoms with Crippen LogP contribution in [0.1, 0.15) is 44.0 Å². The Labute approximate surface area is 122 Å². The van der Waals surface area contributed by atoms with Gasteiger partial charge < -0.3 is 14.8 Å². The zero-order valence-corrected chi connectivity index (χ0v) is 12.3. The summed E-state index contributed by atoms with van der Waals surface area (Å²) in [6, 6.07) is 1.58. The highest BCUT2D eigenvalue weighted by atomic mass is 16.6. The second-order valence-corrected chi connectivity index (χ2v) is 4.92. The number of aromatic amines is 1. The van der Waals surface area contributed by atoms with E-state index in [2.05, 4.69) is 9.98 Å². The normalized spacial score (nSPS) is 22.3. The number of aromatic nitrogens is 1. The van der Waals surface area contributed by atoms with Crippen molar-refractivity contribution < 1.29 is 14.6 Å². The minimum atomic E-state index is -1.78. The molecule has 1 aliphatic rings. The van der Waals surface area contributed by atoms with Crippen LogP contribution in [0.15, 0.2) is 27.6 Å². The molecule has 1 atom stereocenters. The number of fused-ring (bicyclic) bond motifs is 1. The van der Waals surface area contributed by atoms with Gasteiger partial charge in [0.15, 0.2) is 5.60 Å². The van der Waals surface area contributed by atoms with E-state index in [4.69, 9.17) is 4.74 Å². The molecule has 0 saturated carbocycles. The van der Waals surface area contributed by atoms with E-state index >= 15 is 0 Å². The maximum absolute atomic E-state index is 12.1. The third-order valence-electron chi connectivity index (χ3n) is 3.62. The van der Waals surface area contributed by atoms with Crippen molar-refractivity contribution >= 4 is 12.2 Å². The highest BCUT2D eigenvalue weighted by Crippen LogP contribution is 2.32. The summed E-state index contributed by atoms with van der Waals surface area (Å²) in [6.07, 6.45) is 3.45. The highest BCUT2D eigenvalue weighted by Gasteiger charge is 2.44. The number of aliphatic imine (C=N–C) groups is 1. The number of ether oxygens (including phenoxy) is 1. The fraction of sp³-hybridized carbons (Fsp3) is 0.400. The van der Waals surface area contributed by atoms with Crippen LogP contribution in [0.5, 0.6) is 0 Å². The molecule has 6 nitrogen and oxygen atoms in total. The van der Waals surface area contributed by atoms with Crippen molar-refractivity contribution in [3.63, 3.8) is 0 Å². The number of carbonyl (C=O) groups excluding carboxylic acids is 1. The molecule has 1 aliphatic heterocycles. The Morgan fingerprint density at radius 2 is 2.29 bits per heavy atom. The third-order valence-corrected chi connectivity index (χ3v) is 3.62. The summed E-state index contributed by atoms with van der Waals surface area (Å²) in [7, 11) is 0. The summed E-state index contributed by atoms with van der Waals surface area (Å²) in [6.45, 7) is 5.22. The number of rotatable bonds is 3. The fourth-order valence-corrected chi connectivity index (χ4v) is 2.14. The van der Waals surface area contributed by atoms with Crippen LogP contribution >= 0.6 is 0 Å². The Bertz CT molecular complexity index is 687. The maximum atomic E-state index is 12.1. The van der Waals surface area contributed by atoms with Crippen LogP contribution in [0, 0.1) is 0 Å². The summed E-state index contributed by atoms with van der Waals surface area (Å²) in [4.78, 5) is 30.7. The number of esters is 1. The molecule has 0 saturated heterocycles. The number of aliphatic hydroxyl groups is 1. The Balaban J connectivity index is 2.57. The number of nitrogens with zero attached hydrogens (tertiary/aromatic N) is 1. The summed E-state index contributed by atoms with van der Waals surface area (Å²) < 4.78 is 4.90. The molecule has 0 spiro atoms. The molecular weight excluding hydrogens is 272 g/mol. The molecule has 2 heterocycles. The van der Waals surface area contributed by atoms with Gasteiger partial charge in [-0.25, -0.2) is 4.79 Å². The third kappa shape index (κ3) is 2.67. The number of pyridine rings is 1. The van der Waals surface area contributed by atoms with Crippen molar-refractivity contribution in [2.45, 2.75) is 39.4 Å². The largest absolute Gasteiger partial charge is 0.458 e. The summed E-state index contributed by atoms with van der Waals surface area (Å²) >= 11 is 0. The lowest BCUT2D eigenvalue weighted by atomic mass is 9.86. The van der Waals surface area contributed by atoms with Gasteiger partial charge in [-0.05, 0) is 26.3 Å². The Kier molecular flexibility index (Phi) is 4.09. The highest BCUT2D eigenvalue weighted by molar-refractivity contribution is 5.85. The second-order valence-electron chi connectivity index (χ2n) is 4.92. The molecule has 6 heteroatoms. The van der Waals surface area contributed by atoms with Gasteiger partial charge in [0.05, 0.1) is 17.5 Å². The van der Waals surface area contributed by atoms with Crippen molar-refractivity contribution in [3.8, 4) is 0 Å². The van der Waals surface area contributed by atoms with E-state index in [1.807, 2.05) is 19.9 Å². The minimum Gasteiger partial charge on any atom is -0.458 e. The van der Waals surface area contributed by atoms with Gasteiger partial charge in [0.1, 0.15) is 6.61 Å². The van der Waals surface area contributed by atoms with Crippen LogP contribution in [-0.2, 0) is 21.7 Å². The van der Waals surface area contributed by atoms with Gasteiger partial charge in [-0.2, -0.15) is 0 Å². The van der Waals surface area contributed by atoms with Gasteiger partial charge in [0, 0.05) is 11.3 Å². The molecule has 0 amide bonds. The van der Waals surface area contributed by atoms with Crippen LogP contribution in [0.25, 0.3) is 0 Å². The predicted molar refractivity (Wildman–Crippen MR) is 78.1 cm³/mol. The van der Waals surface area contributed by atoms with E-state index in [1.165, 1.54) is 6.21 Å². The van der Waals surface area contributed by atoms with Crippen LogP contribution in [0.2, 0.25) is 0 Å². The van der Waals surface area contributed by atoms with Gasteiger partial charge in [0.25, 0.3) is 5.56 Å². The van der Waals surface area contributed by atoms with Crippen molar-refractivity contribution in [2.75, 3.05) is 0 Å². The molecule has 0 aliphatic carbocycles. The number of hydrogen-bond acceptors (Lipinski definition) is 5. The zero-order chi connectivity index (χ0) is 15.6. The van der Waals surface area contributed by atoms with E-state index in [0.717, 1.165) is 5.70 Å². The summed E-state index contributed by atoms with van der Waals surface area (Å²) in [5, 5.41) is 10.5. The predicted octanol–water partition coefficient (Wildman–Crippen LogP) is 1.37. The first-order valence-electron chi connectivity index (χ1n) is 6.75. The SMILES string of the molecule is C/C=C(\C)N=Cc1cc2c(c(=O)[nH]1)COC(=O)[C@]2(O)CC. The molecule has 0 radical (unpaired) electrons. The van der Waals surface area contributed by atoms with Gasteiger partial charge in [0.2, 0.25) is 0 Å². The molecule has 2 N–H and O–H groups in total. The Morgan fingerprint density at radius 3 is 2.90 bits per heavy atom. The van der Waals surface area contributed by atoms with Crippen molar-refractivity contribution in [3.05, 3.63) is 45.0 Å². The van der Waals surface area contributed by atoms with E-state index in [1.54, 1.807) is 13.0 Å². The van der Waals surface area contributed by atoms with Crippen molar-refractivity contribution in [1.82, 2.24) is 4.98 Å². The monoisotopic (exact) mass is 290 g/mol. The van der Waals surface area contributed by atoms with Gasteiger partial charge in [-0.3, -0.25) is 9.79 Å². The topological polar surface area (TPSA) is 91.8 Å². The molecule has 0 fully saturated rings. The van der Waals surface area contributed by atoms with Crippen molar-refractivity contribution in [2.24, 2.45) is 4.99 Å². The summed E-state index contributed by atoms with van der Waals surface area (Å²) in [5.74, 6) is -0.726. The number of carbonyl (C=O) groups is 1. The van der Waals surface area contributed by atoms with Crippen LogP contribution in [0.4, 0.5) is 0 Å². The molecule has 2 rings (SSSR count). The summed E-state index contributed by atoms with van der Waals surface area (Å²) in [5.41, 5.74) is -0.366. The molecule has 21 heavy (non-hydrogen) atoms. The van der Waals surface area contributed by atoms with E-state index in [0.29, 0.717) is 11.3 Å². The average Bonchev–Trinajstić information content (AvgIpc) is 2.48. The standard InChI is InChI=1S/C15H18N2O4/c1-4-9(3)16-7-10-6-12-11(13(18)17-10)8-21-14(19)15(12,20)5-2/h4,6-7,20H,5,8H2,1-3H3,(H,17,18)/b9-4+,16-7?/t15-/m0/s1. The molecule has 0 unspecified atom stereocenters. The molecule has 0 bridgehead atoms. The van der Waals surface area contributed by atoms with Crippen LogP contribution < -0.4 is 5.56 Å².